The number of benzene rings is 3. The second-order valence-electron chi connectivity index (χ2n) is 10.1. The molecule has 0 spiro atoms. The van der Waals surface area contributed by atoms with Crippen LogP contribution in [0.2, 0.25) is 0 Å². The van der Waals surface area contributed by atoms with E-state index in [4.69, 9.17) is 42.6 Å². The number of ether oxygens (including phenoxy) is 9. The van der Waals surface area contributed by atoms with Crippen LogP contribution in [-0.2, 0) is 28.6 Å². The van der Waals surface area contributed by atoms with Gasteiger partial charge < -0.3 is 58.0 Å². The van der Waals surface area contributed by atoms with Crippen LogP contribution < -0.4 is 28.4 Å². The monoisotopic (exact) mass is 710 g/mol. The summed E-state index contributed by atoms with van der Waals surface area (Å²) in [7, 11) is 8.13. The third-order valence-electron chi connectivity index (χ3n) is 6.85. The molecule has 3 aromatic rings. The first-order valence-corrected chi connectivity index (χ1v) is 14.9. The Morgan fingerprint density at radius 1 is 0.490 bits per heavy atom. The highest BCUT2D eigenvalue weighted by Crippen LogP contribution is 2.39. The van der Waals surface area contributed by atoms with Crippen molar-refractivity contribution in [3.8, 4) is 51.7 Å². The molecule has 0 atom stereocenters. The van der Waals surface area contributed by atoms with Crippen molar-refractivity contribution in [2.45, 2.75) is 6.10 Å². The standard InChI is InChI=1S/C36H38O15/c1-43-25-13-21(14-26(44-2)34(25)40)7-10-31(37)49-19-24(51-33(39)12-9-23-17-29(47-5)36(42)30(18-23)48-6)20-50-32(38)11-8-22-15-27(45-3)35(41)28(16-22)46-4/h7-18,24,40-42H,19-20H2,1-6H3. The van der Waals surface area contributed by atoms with Crippen LogP contribution in [0.5, 0.6) is 51.7 Å². The van der Waals surface area contributed by atoms with Crippen molar-refractivity contribution in [3.63, 3.8) is 0 Å². The zero-order valence-electron chi connectivity index (χ0n) is 28.7. The summed E-state index contributed by atoms with van der Waals surface area (Å²) in [5.41, 5.74) is 1.31. The van der Waals surface area contributed by atoms with Crippen LogP contribution in [0.25, 0.3) is 18.2 Å². The van der Waals surface area contributed by atoms with Crippen molar-refractivity contribution < 1.29 is 72.3 Å². The van der Waals surface area contributed by atoms with Crippen LogP contribution in [0.4, 0.5) is 0 Å². The zero-order chi connectivity index (χ0) is 37.5. The van der Waals surface area contributed by atoms with E-state index in [2.05, 4.69) is 0 Å². The molecule has 0 amide bonds. The first kappa shape index (κ1) is 38.9. The van der Waals surface area contributed by atoms with E-state index in [1.165, 1.54) is 97.3 Å². The maximum Gasteiger partial charge on any atom is 0.331 e. The maximum atomic E-state index is 12.8. The number of methoxy groups -OCH3 is 6. The van der Waals surface area contributed by atoms with E-state index >= 15 is 0 Å². The van der Waals surface area contributed by atoms with Gasteiger partial charge in [0.15, 0.2) is 40.6 Å². The Bertz CT molecular complexity index is 1630. The van der Waals surface area contributed by atoms with Gasteiger partial charge in [0.1, 0.15) is 13.2 Å². The van der Waals surface area contributed by atoms with E-state index in [0.717, 1.165) is 18.2 Å². The highest BCUT2D eigenvalue weighted by molar-refractivity contribution is 5.89. The number of hydrogen-bond acceptors (Lipinski definition) is 15. The summed E-state index contributed by atoms with van der Waals surface area (Å²) in [6.07, 6.45) is 6.13. The Morgan fingerprint density at radius 3 is 1.00 bits per heavy atom. The van der Waals surface area contributed by atoms with Gasteiger partial charge in [0, 0.05) is 18.2 Å². The molecule has 51 heavy (non-hydrogen) atoms. The minimum Gasteiger partial charge on any atom is -0.502 e. The predicted octanol–water partition coefficient (Wildman–Crippen LogP) is 4.29. The molecule has 3 aromatic carbocycles. The van der Waals surface area contributed by atoms with Gasteiger partial charge in [-0.05, 0) is 71.3 Å². The summed E-state index contributed by atoms with van der Waals surface area (Å²) >= 11 is 0. The largest absolute Gasteiger partial charge is 0.502 e. The minimum absolute atomic E-state index is 0.105. The molecule has 15 heteroatoms. The van der Waals surface area contributed by atoms with Crippen LogP contribution in [0.3, 0.4) is 0 Å². The van der Waals surface area contributed by atoms with Crippen LogP contribution >= 0.6 is 0 Å². The molecule has 0 saturated carbocycles. The molecule has 0 aliphatic carbocycles. The van der Waals surface area contributed by atoms with E-state index in [0.29, 0.717) is 16.7 Å². The SMILES string of the molecule is COc1cc(C=CC(=O)OCC(COC(=O)C=Cc2cc(OC)c(O)c(OC)c2)OC(=O)C=Cc2cc(OC)c(O)c(OC)c2)cc(OC)c1O. The molecule has 3 N–H and O–H groups in total. The lowest BCUT2D eigenvalue weighted by atomic mass is 10.1. The van der Waals surface area contributed by atoms with E-state index in [1.54, 1.807) is 0 Å². The normalized spacial score (nSPS) is 11.6. The number of phenolic OH excluding ortho intramolecular Hbond substituents is 3. The topological polar surface area (TPSA) is 195 Å². The van der Waals surface area contributed by atoms with Crippen LogP contribution in [0.1, 0.15) is 16.7 Å². The van der Waals surface area contributed by atoms with Gasteiger partial charge in [0.2, 0.25) is 17.2 Å². The number of phenols is 3. The van der Waals surface area contributed by atoms with Crippen molar-refractivity contribution >= 4 is 36.1 Å². The lowest BCUT2D eigenvalue weighted by Gasteiger charge is -2.16. The first-order valence-electron chi connectivity index (χ1n) is 14.9. The number of aromatic hydroxyl groups is 3. The fourth-order valence-corrected chi connectivity index (χ4v) is 4.29. The second kappa shape index (κ2) is 18.9. The molecular weight excluding hydrogens is 672 g/mol. The number of carbonyl (C=O) groups is 3. The highest BCUT2D eigenvalue weighted by Gasteiger charge is 2.19. The first-order chi connectivity index (χ1) is 24.5. The smallest absolute Gasteiger partial charge is 0.331 e. The predicted molar refractivity (Wildman–Crippen MR) is 183 cm³/mol. The van der Waals surface area contributed by atoms with E-state index in [1.807, 2.05) is 0 Å². The third-order valence-corrected chi connectivity index (χ3v) is 6.85. The Hall–Kier alpha value is -6.51. The molecule has 3 rings (SSSR count). The van der Waals surface area contributed by atoms with E-state index in [-0.39, 0.29) is 51.7 Å². The third kappa shape index (κ3) is 11.0. The number of esters is 3. The fraction of sp³-hybridized carbons (Fsp3) is 0.250. The maximum absolute atomic E-state index is 12.8. The molecule has 0 radical (unpaired) electrons. The van der Waals surface area contributed by atoms with Gasteiger partial charge in [0.25, 0.3) is 0 Å². The van der Waals surface area contributed by atoms with Crippen LogP contribution in [0, 0.1) is 0 Å². The summed E-state index contributed by atoms with van der Waals surface area (Å²) in [6, 6.07) is 8.79. The molecular formula is C36H38O15. The molecule has 0 unspecified atom stereocenters. The highest BCUT2D eigenvalue weighted by atomic mass is 16.6. The molecule has 0 aliphatic heterocycles. The van der Waals surface area contributed by atoms with Crippen LogP contribution in [0.15, 0.2) is 54.6 Å². The summed E-state index contributed by atoms with van der Waals surface area (Å²) in [5.74, 6) is -2.51. The molecule has 0 aromatic heterocycles. The van der Waals surface area contributed by atoms with Gasteiger partial charge in [-0.3, -0.25) is 0 Å². The molecule has 0 heterocycles. The molecule has 272 valence electrons. The average molecular weight is 711 g/mol. The Labute approximate surface area is 293 Å². The lowest BCUT2D eigenvalue weighted by Crippen LogP contribution is -2.29. The summed E-state index contributed by atoms with van der Waals surface area (Å²) < 4.78 is 46.7. The number of rotatable bonds is 17. The molecule has 0 fully saturated rings. The fourth-order valence-electron chi connectivity index (χ4n) is 4.29. The van der Waals surface area contributed by atoms with Crippen molar-refractivity contribution in [2.75, 3.05) is 55.9 Å². The van der Waals surface area contributed by atoms with Crippen molar-refractivity contribution in [3.05, 3.63) is 71.3 Å². The Kier molecular flexibility index (Phi) is 14.4. The second-order valence-corrected chi connectivity index (χ2v) is 10.1. The number of hydrogen-bond donors (Lipinski definition) is 3. The Balaban J connectivity index is 1.74. The Morgan fingerprint density at radius 2 is 0.745 bits per heavy atom. The van der Waals surface area contributed by atoms with E-state index < -0.39 is 37.2 Å². The van der Waals surface area contributed by atoms with Crippen molar-refractivity contribution in [2.24, 2.45) is 0 Å². The van der Waals surface area contributed by atoms with Crippen molar-refractivity contribution in [1.82, 2.24) is 0 Å². The van der Waals surface area contributed by atoms with E-state index in [9.17, 15) is 29.7 Å². The lowest BCUT2D eigenvalue weighted by molar-refractivity contribution is -0.160. The summed E-state index contributed by atoms with van der Waals surface area (Å²) in [4.78, 5) is 38.0. The van der Waals surface area contributed by atoms with Crippen LogP contribution in [-0.4, -0.2) is 95.2 Å². The van der Waals surface area contributed by atoms with Gasteiger partial charge >= 0.3 is 17.9 Å². The number of carbonyl (C=O) groups excluding carboxylic acids is 3. The quantitative estimate of drug-likeness (QED) is 0.102. The van der Waals surface area contributed by atoms with Crippen molar-refractivity contribution in [1.29, 1.82) is 0 Å². The van der Waals surface area contributed by atoms with Gasteiger partial charge in [-0.25, -0.2) is 14.4 Å². The summed E-state index contributed by atoms with van der Waals surface area (Å²) in [6.45, 7) is -1.01. The average Bonchev–Trinajstić information content (AvgIpc) is 3.14. The van der Waals surface area contributed by atoms with Gasteiger partial charge in [0.05, 0.1) is 42.7 Å². The zero-order valence-corrected chi connectivity index (χ0v) is 28.7. The molecule has 0 aliphatic rings. The van der Waals surface area contributed by atoms with Gasteiger partial charge in [-0.2, -0.15) is 0 Å². The minimum atomic E-state index is -1.25. The van der Waals surface area contributed by atoms with Gasteiger partial charge in [-0.15, -0.1) is 0 Å². The molecule has 0 bridgehead atoms. The molecule has 15 nitrogen and oxygen atoms in total. The van der Waals surface area contributed by atoms with Gasteiger partial charge in [-0.1, -0.05) is 0 Å². The summed E-state index contributed by atoms with van der Waals surface area (Å²) in [5, 5.41) is 30.4. The molecule has 0 saturated heterocycles.